The van der Waals surface area contributed by atoms with Gasteiger partial charge in [-0.15, -0.1) is 0 Å². The van der Waals surface area contributed by atoms with E-state index in [0.29, 0.717) is 35.0 Å². The summed E-state index contributed by atoms with van der Waals surface area (Å²) < 4.78 is 7.68. The van der Waals surface area contributed by atoms with Gasteiger partial charge in [-0.1, -0.05) is 6.92 Å². The van der Waals surface area contributed by atoms with Crippen LogP contribution in [-0.4, -0.2) is 27.2 Å². The summed E-state index contributed by atoms with van der Waals surface area (Å²) in [5.41, 5.74) is 1.04. The molecule has 0 saturated heterocycles. The van der Waals surface area contributed by atoms with Crippen molar-refractivity contribution >= 4 is 11.6 Å². The van der Waals surface area contributed by atoms with E-state index in [9.17, 15) is 14.9 Å². The molecule has 0 aliphatic heterocycles. The molecular formula is C19H26N4O4. The van der Waals surface area contributed by atoms with E-state index < -0.39 is 10.5 Å². The average Bonchev–Trinajstić information content (AvgIpc) is 2.89. The lowest BCUT2D eigenvalue weighted by Gasteiger charge is -2.22. The molecule has 8 heteroatoms. The molecule has 1 aromatic heterocycles. The molecule has 0 saturated carbocycles. The SMILES string of the molecule is CCCNC(=O)c1nn(C(C)(C)C)c(Oc2ccc([N+](=O)[O-])c(C)c2)c1C. The Bertz CT molecular complexity index is 865. The molecule has 1 N–H and O–H groups in total. The maximum Gasteiger partial charge on any atom is 0.272 e. The van der Waals surface area contributed by atoms with Gasteiger partial charge in [-0.25, -0.2) is 4.68 Å². The smallest absolute Gasteiger partial charge is 0.272 e. The molecule has 0 atom stereocenters. The highest BCUT2D eigenvalue weighted by Gasteiger charge is 2.27. The number of hydrogen-bond donors (Lipinski definition) is 1. The predicted molar refractivity (Wildman–Crippen MR) is 102 cm³/mol. The van der Waals surface area contributed by atoms with Crippen LogP contribution in [0.5, 0.6) is 11.6 Å². The molecule has 2 aromatic rings. The molecule has 0 aliphatic carbocycles. The Balaban J connectivity index is 2.46. The summed E-state index contributed by atoms with van der Waals surface area (Å²) in [6.45, 7) is 11.9. The number of benzene rings is 1. The van der Waals surface area contributed by atoms with Gasteiger partial charge in [0.1, 0.15) is 5.75 Å². The second-order valence-electron chi connectivity index (χ2n) is 7.42. The van der Waals surface area contributed by atoms with E-state index in [2.05, 4.69) is 10.4 Å². The molecule has 0 spiro atoms. The van der Waals surface area contributed by atoms with Crippen molar-refractivity contribution in [2.45, 2.75) is 53.5 Å². The Labute approximate surface area is 158 Å². The number of aromatic nitrogens is 2. The number of carbonyl (C=O) groups is 1. The summed E-state index contributed by atoms with van der Waals surface area (Å²) in [5.74, 6) is 0.645. The number of nitrogens with zero attached hydrogens (tertiary/aromatic N) is 3. The van der Waals surface area contributed by atoms with Crippen LogP contribution in [0.2, 0.25) is 0 Å². The first-order valence-corrected chi connectivity index (χ1v) is 8.87. The van der Waals surface area contributed by atoms with Crippen molar-refractivity contribution in [3.63, 3.8) is 0 Å². The molecule has 27 heavy (non-hydrogen) atoms. The topological polar surface area (TPSA) is 99.3 Å². The van der Waals surface area contributed by atoms with Crippen LogP contribution in [0.4, 0.5) is 5.69 Å². The summed E-state index contributed by atoms with van der Waals surface area (Å²) in [6.07, 6.45) is 0.830. The summed E-state index contributed by atoms with van der Waals surface area (Å²) >= 11 is 0. The second kappa shape index (κ2) is 7.77. The van der Waals surface area contributed by atoms with Gasteiger partial charge in [-0.2, -0.15) is 5.10 Å². The van der Waals surface area contributed by atoms with Gasteiger partial charge in [0.25, 0.3) is 11.6 Å². The van der Waals surface area contributed by atoms with E-state index in [4.69, 9.17) is 4.74 Å². The van der Waals surface area contributed by atoms with Gasteiger partial charge in [0.15, 0.2) is 5.69 Å². The number of nitro groups is 1. The minimum Gasteiger partial charge on any atom is -0.439 e. The lowest BCUT2D eigenvalue weighted by molar-refractivity contribution is -0.385. The van der Waals surface area contributed by atoms with Crippen molar-refractivity contribution < 1.29 is 14.5 Å². The van der Waals surface area contributed by atoms with Crippen LogP contribution in [0.25, 0.3) is 0 Å². The fourth-order valence-electron chi connectivity index (χ4n) is 2.60. The monoisotopic (exact) mass is 374 g/mol. The molecule has 0 aliphatic rings. The van der Waals surface area contributed by atoms with Crippen LogP contribution in [0.1, 0.15) is 55.7 Å². The van der Waals surface area contributed by atoms with Crippen LogP contribution < -0.4 is 10.1 Å². The third kappa shape index (κ3) is 4.45. The zero-order chi connectivity index (χ0) is 20.4. The van der Waals surface area contributed by atoms with Crippen molar-refractivity contribution in [1.82, 2.24) is 15.1 Å². The molecule has 2 rings (SSSR count). The Morgan fingerprint density at radius 2 is 2.00 bits per heavy atom. The standard InChI is InChI=1S/C19H26N4O4/c1-7-10-20-17(24)16-13(3)18(22(21-16)19(4,5)6)27-14-8-9-15(23(25)26)12(2)11-14/h8-9,11H,7,10H2,1-6H3,(H,20,24). The quantitative estimate of drug-likeness (QED) is 0.606. The van der Waals surface area contributed by atoms with E-state index in [1.807, 2.05) is 27.7 Å². The van der Waals surface area contributed by atoms with Crippen molar-refractivity contribution in [1.29, 1.82) is 0 Å². The third-order valence-corrected chi connectivity index (χ3v) is 4.03. The normalized spacial score (nSPS) is 11.3. The van der Waals surface area contributed by atoms with Crippen molar-refractivity contribution in [3.8, 4) is 11.6 Å². The van der Waals surface area contributed by atoms with Gasteiger partial charge in [0, 0.05) is 23.7 Å². The number of carbonyl (C=O) groups excluding carboxylic acids is 1. The zero-order valence-electron chi connectivity index (χ0n) is 16.6. The minimum atomic E-state index is -0.431. The molecule has 1 amide bonds. The van der Waals surface area contributed by atoms with Gasteiger partial charge < -0.3 is 10.1 Å². The highest BCUT2D eigenvalue weighted by Crippen LogP contribution is 2.33. The summed E-state index contributed by atoms with van der Waals surface area (Å²) in [5, 5.41) is 18.3. The van der Waals surface area contributed by atoms with Gasteiger partial charge in [0.2, 0.25) is 5.88 Å². The first kappa shape index (κ1) is 20.4. The first-order valence-electron chi connectivity index (χ1n) is 8.87. The number of nitro benzene ring substituents is 1. The molecule has 1 aromatic carbocycles. The lowest BCUT2D eigenvalue weighted by Crippen LogP contribution is -2.27. The maximum atomic E-state index is 12.4. The maximum absolute atomic E-state index is 12.4. The van der Waals surface area contributed by atoms with Crippen LogP contribution >= 0.6 is 0 Å². The van der Waals surface area contributed by atoms with Gasteiger partial charge in [0.05, 0.1) is 10.5 Å². The van der Waals surface area contributed by atoms with E-state index in [-0.39, 0.29) is 11.6 Å². The second-order valence-corrected chi connectivity index (χ2v) is 7.42. The number of nitrogens with one attached hydrogen (secondary N) is 1. The molecule has 8 nitrogen and oxygen atoms in total. The molecule has 0 bridgehead atoms. The van der Waals surface area contributed by atoms with E-state index in [0.717, 1.165) is 6.42 Å². The van der Waals surface area contributed by atoms with Gasteiger partial charge in [-0.3, -0.25) is 14.9 Å². The summed E-state index contributed by atoms with van der Waals surface area (Å²) in [6, 6.07) is 4.56. The third-order valence-electron chi connectivity index (χ3n) is 4.03. The number of ether oxygens (including phenoxy) is 1. The summed E-state index contributed by atoms with van der Waals surface area (Å²) in [7, 11) is 0. The van der Waals surface area contributed by atoms with Gasteiger partial charge in [-0.05, 0) is 53.2 Å². The van der Waals surface area contributed by atoms with E-state index >= 15 is 0 Å². The molecule has 0 unspecified atom stereocenters. The summed E-state index contributed by atoms with van der Waals surface area (Å²) in [4.78, 5) is 23.0. The Hall–Kier alpha value is -2.90. The largest absolute Gasteiger partial charge is 0.439 e. The van der Waals surface area contributed by atoms with Gasteiger partial charge >= 0.3 is 0 Å². The molecule has 1 heterocycles. The molecule has 146 valence electrons. The van der Waals surface area contributed by atoms with Crippen LogP contribution in [0.15, 0.2) is 18.2 Å². The predicted octanol–water partition coefficient (Wildman–Crippen LogP) is 4.10. The first-order chi connectivity index (χ1) is 12.6. The Morgan fingerprint density at radius 3 is 2.52 bits per heavy atom. The van der Waals surface area contributed by atoms with E-state index in [1.165, 1.54) is 6.07 Å². The van der Waals surface area contributed by atoms with Crippen LogP contribution in [0.3, 0.4) is 0 Å². The fraction of sp³-hybridized carbons (Fsp3) is 0.474. The highest BCUT2D eigenvalue weighted by atomic mass is 16.6. The van der Waals surface area contributed by atoms with Crippen molar-refractivity contribution in [2.75, 3.05) is 6.54 Å². The number of amides is 1. The van der Waals surface area contributed by atoms with Crippen molar-refractivity contribution in [2.24, 2.45) is 0 Å². The zero-order valence-corrected chi connectivity index (χ0v) is 16.6. The van der Waals surface area contributed by atoms with Crippen molar-refractivity contribution in [3.05, 3.63) is 45.1 Å². The average molecular weight is 374 g/mol. The fourth-order valence-corrected chi connectivity index (χ4v) is 2.60. The minimum absolute atomic E-state index is 0.0306. The van der Waals surface area contributed by atoms with Crippen LogP contribution in [0, 0.1) is 24.0 Å². The molecule has 0 radical (unpaired) electrons. The Kier molecular flexibility index (Phi) is 5.88. The van der Waals surface area contributed by atoms with Crippen LogP contribution in [-0.2, 0) is 5.54 Å². The molecular weight excluding hydrogens is 348 g/mol. The Morgan fingerprint density at radius 1 is 1.33 bits per heavy atom. The lowest BCUT2D eigenvalue weighted by atomic mass is 10.1. The number of aryl methyl sites for hydroxylation is 1. The number of hydrogen-bond acceptors (Lipinski definition) is 5. The number of rotatable bonds is 6. The highest BCUT2D eigenvalue weighted by molar-refractivity contribution is 5.94. The molecule has 0 fully saturated rings. The van der Waals surface area contributed by atoms with E-state index in [1.54, 1.807) is 30.7 Å².